The van der Waals surface area contributed by atoms with Crippen LogP contribution in [-0.4, -0.2) is 48.5 Å². The molecule has 1 aliphatic rings. The number of nitriles is 1. The molecule has 2 N–H and O–H groups in total. The Morgan fingerprint density at radius 2 is 1.97 bits per heavy atom. The number of allylic oxidation sites excluding steroid dienone is 1. The molecular weight excluding hydrogens is 513 g/mol. The number of hydrogen-bond donors (Lipinski definition) is 2. The number of ether oxygens (including phenoxy) is 1. The number of anilines is 2. The van der Waals surface area contributed by atoms with Crippen LogP contribution in [0.4, 0.5) is 24.8 Å². The van der Waals surface area contributed by atoms with Crippen LogP contribution in [0.5, 0.6) is 0 Å². The molecule has 12 heteroatoms. The van der Waals surface area contributed by atoms with E-state index in [9.17, 15) is 28.0 Å². The molecule has 0 aliphatic carbocycles. The molecule has 4 rings (SSSR count). The van der Waals surface area contributed by atoms with Crippen LogP contribution in [0, 0.1) is 11.3 Å². The van der Waals surface area contributed by atoms with Gasteiger partial charge in [0.2, 0.25) is 5.95 Å². The number of esters is 1. The third-order valence-electron chi connectivity index (χ3n) is 6.67. The Morgan fingerprint density at radius 3 is 2.62 bits per heavy atom. The highest BCUT2D eigenvalue weighted by molar-refractivity contribution is 5.93. The lowest BCUT2D eigenvalue weighted by atomic mass is 9.88. The Hall–Kier alpha value is -4.37. The summed E-state index contributed by atoms with van der Waals surface area (Å²) in [5.74, 6) is -0.733. The van der Waals surface area contributed by atoms with Crippen molar-refractivity contribution in [1.29, 1.82) is 5.26 Å². The summed E-state index contributed by atoms with van der Waals surface area (Å²) in [5, 5.41) is 16.0. The molecule has 1 aromatic heterocycles. The maximum atomic E-state index is 13.5. The quantitative estimate of drug-likeness (QED) is 0.446. The monoisotopic (exact) mass is 541 g/mol. The number of aromatic amines is 1. The van der Waals surface area contributed by atoms with Crippen LogP contribution in [0.3, 0.4) is 0 Å². The lowest BCUT2D eigenvalue weighted by Gasteiger charge is -2.36. The number of rotatable bonds is 7. The number of nitrogens with one attached hydrogen (secondary N) is 2. The van der Waals surface area contributed by atoms with Crippen LogP contribution in [0.25, 0.3) is 0 Å². The fourth-order valence-electron chi connectivity index (χ4n) is 4.87. The SMILES string of the molecule is COC(=O)C1=C(C)N(c2cccc(C(F)(F)F)c2)c2n[nH]c(=O)n2[C@@H]1c1ccc(C#N)cc1CCC[NH+](C)C. The smallest absolute Gasteiger partial charge is 0.416 e. The zero-order chi connectivity index (χ0) is 28.5. The van der Waals surface area contributed by atoms with Gasteiger partial charge in [0.05, 0.1) is 50.5 Å². The fourth-order valence-corrected chi connectivity index (χ4v) is 4.87. The van der Waals surface area contributed by atoms with E-state index in [0.29, 0.717) is 17.5 Å². The summed E-state index contributed by atoms with van der Waals surface area (Å²) in [4.78, 5) is 29.0. The number of aryl methyl sites for hydroxylation is 1. The van der Waals surface area contributed by atoms with Crippen LogP contribution in [-0.2, 0) is 22.1 Å². The first kappa shape index (κ1) is 27.7. The molecule has 0 unspecified atom stereocenters. The fraction of sp³-hybridized carbons (Fsp3) is 0.333. The normalized spacial score (nSPS) is 15.4. The third kappa shape index (κ3) is 5.31. The molecule has 1 aliphatic heterocycles. The Morgan fingerprint density at radius 1 is 1.23 bits per heavy atom. The molecule has 9 nitrogen and oxygen atoms in total. The van der Waals surface area contributed by atoms with Gasteiger partial charge < -0.3 is 9.64 Å². The zero-order valence-corrected chi connectivity index (χ0v) is 21.9. The minimum Gasteiger partial charge on any atom is -0.466 e. The van der Waals surface area contributed by atoms with E-state index < -0.39 is 29.4 Å². The van der Waals surface area contributed by atoms with Crippen LogP contribution in [0.1, 0.15) is 41.6 Å². The number of hydrogen-bond acceptors (Lipinski definition) is 6. The van der Waals surface area contributed by atoms with Crippen molar-refractivity contribution in [2.24, 2.45) is 0 Å². The molecule has 2 aromatic carbocycles. The van der Waals surface area contributed by atoms with Gasteiger partial charge in [0.25, 0.3) is 0 Å². The maximum absolute atomic E-state index is 13.5. The van der Waals surface area contributed by atoms with E-state index in [-0.39, 0.29) is 22.9 Å². The van der Waals surface area contributed by atoms with Gasteiger partial charge >= 0.3 is 17.8 Å². The van der Waals surface area contributed by atoms with E-state index in [1.165, 1.54) is 33.6 Å². The van der Waals surface area contributed by atoms with Crippen molar-refractivity contribution in [2.75, 3.05) is 32.6 Å². The first-order chi connectivity index (χ1) is 18.5. The van der Waals surface area contributed by atoms with Gasteiger partial charge in [-0.25, -0.2) is 19.3 Å². The lowest BCUT2D eigenvalue weighted by molar-refractivity contribution is -0.858. The average Bonchev–Trinajstić information content (AvgIpc) is 3.27. The van der Waals surface area contributed by atoms with E-state index in [1.54, 1.807) is 25.1 Å². The number of carbonyl (C=O) groups is 1. The Bertz CT molecular complexity index is 1530. The highest BCUT2D eigenvalue weighted by atomic mass is 19.4. The first-order valence-corrected chi connectivity index (χ1v) is 12.2. The number of carbonyl (C=O) groups excluding carboxylic acids is 1. The molecule has 0 radical (unpaired) electrons. The van der Waals surface area contributed by atoms with Crippen molar-refractivity contribution in [3.63, 3.8) is 0 Å². The van der Waals surface area contributed by atoms with E-state index >= 15 is 0 Å². The van der Waals surface area contributed by atoms with Gasteiger partial charge in [-0.3, -0.25) is 4.90 Å². The molecule has 0 saturated carbocycles. The van der Waals surface area contributed by atoms with Crippen molar-refractivity contribution in [2.45, 2.75) is 32.0 Å². The molecular formula is C27H28F3N6O3+. The summed E-state index contributed by atoms with van der Waals surface area (Å²) in [6.07, 6.45) is -3.26. The minimum atomic E-state index is -4.60. The number of fused-ring (bicyclic) bond motifs is 1. The van der Waals surface area contributed by atoms with E-state index in [1.807, 2.05) is 14.1 Å². The molecule has 0 saturated heterocycles. The number of benzene rings is 2. The van der Waals surface area contributed by atoms with Crippen molar-refractivity contribution in [1.82, 2.24) is 14.8 Å². The number of methoxy groups -OCH3 is 1. The summed E-state index contributed by atoms with van der Waals surface area (Å²) < 4.78 is 46.9. The topological polar surface area (TPSA) is 108 Å². The number of alkyl halides is 3. The summed E-state index contributed by atoms with van der Waals surface area (Å²) >= 11 is 0. The third-order valence-corrected chi connectivity index (χ3v) is 6.67. The summed E-state index contributed by atoms with van der Waals surface area (Å²) in [6, 6.07) is 10.7. The molecule has 2 heterocycles. The van der Waals surface area contributed by atoms with Gasteiger partial charge in [-0.2, -0.15) is 18.4 Å². The van der Waals surface area contributed by atoms with Crippen molar-refractivity contribution >= 4 is 17.6 Å². The predicted octanol–water partition coefficient (Wildman–Crippen LogP) is 2.73. The van der Waals surface area contributed by atoms with Crippen molar-refractivity contribution in [3.05, 3.63) is 86.5 Å². The van der Waals surface area contributed by atoms with Gasteiger partial charge in [-0.05, 0) is 54.8 Å². The van der Waals surface area contributed by atoms with E-state index in [2.05, 4.69) is 16.3 Å². The highest BCUT2D eigenvalue weighted by Crippen LogP contribution is 2.43. The summed E-state index contributed by atoms with van der Waals surface area (Å²) in [5.41, 5.74) is 0.618. The van der Waals surface area contributed by atoms with Gasteiger partial charge in [0.1, 0.15) is 6.04 Å². The standard InChI is InChI=1S/C27H27F3N6O3/c1-16-22(24(37)39-4)23(21-11-10-17(15-31)13-18(21)7-6-12-34(2)3)36-25(32-33-26(36)38)35(16)20-9-5-8-19(14-20)27(28,29)30/h5,8-11,13-14,23H,6-7,12H2,1-4H3,(H,33,38)/p+1/t23-/m1/s1. The van der Waals surface area contributed by atoms with Crippen LogP contribution in [0.15, 0.2) is 58.5 Å². The maximum Gasteiger partial charge on any atom is 0.416 e. The highest BCUT2D eigenvalue weighted by Gasteiger charge is 2.41. The molecule has 39 heavy (non-hydrogen) atoms. The zero-order valence-electron chi connectivity index (χ0n) is 21.9. The number of aromatic nitrogens is 3. The van der Waals surface area contributed by atoms with Gasteiger partial charge in [-0.1, -0.05) is 12.1 Å². The van der Waals surface area contributed by atoms with Gasteiger partial charge in [0, 0.05) is 17.8 Å². The molecule has 204 valence electrons. The average molecular weight is 542 g/mol. The van der Waals surface area contributed by atoms with Crippen LogP contribution >= 0.6 is 0 Å². The molecule has 3 aromatic rings. The Labute approximate surface area is 222 Å². The molecule has 1 atom stereocenters. The molecule has 0 amide bonds. The summed E-state index contributed by atoms with van der Waals surface area (Å²) in [6.45, 7) is 2.42. The summed E-state index contributed by atoms with van der Waals surface area (Å²) in [7, 11) is 5.24. The van der Waals surface area contributed by atoms with E-state index in [4.69, 9.17) is 4.74 Å². The van der Waals surface area contributed by atoms with Crippen molar-refractivity contribution in [3.8, 4) is 6.07 Å². The van der Waals surface area contributed by atoms with Gasteiger partial charge in [-0.15, -0.1) is 5.10 Å². The number of quaternary nitrogens is 1. The molecule has 0 spiro atoms. The largest absolute Gasteiger partial charge is 0.466 e. The molecule has 0 fully saturated rings. The lowest BCUT2D eigenvalue weighted by Crippen LogP contribution is -3.05. The van der Waals surface area contributed by atoms with E-state index in [0.717, 1.165) is 30.7 Å². The minimum absolute atomic E-state index is 0.0162. The number of H-pyrrole nitrogens is 1. The second kappa shape index (κ2) is 10.8. The number of nitrogens with zero attached hydrogens (tertiary/aromatic N) is 4. The van der Waals surface area contributed by atoms with Crippen molar-refractivity contribution < 1.29 is 27.6 Å². The van der Waals surface area contributed by atoms with Crippen LogP contribution < -0.4 is 15.5 Å². The molecule has 0 bridgehead atoms. The van der Waals surface area contributed by atoms with Crippen LogP contribution in [0.2, 0.25) is 0 Å². The second-order valence-electron chi connectivity index (χ2n) is 9.56. The predicted molar refractivity (Wildman–Crippen MR) is 136 cm³/mol. The second-order valence-corrected chi connectivity index (χ2v) is 9.56. The first-order valence-electron chi connectivity index (χ1n) is 12.2. The number of halogens is 3. The van der Waals surface area contributed by atoms with Gasteiger partial charge in [0.15, 0.2) is 0 Å². The Balaban J connectivity index is 1.97. The Kier molecular flexibility index (Phi) is 7.65.